The first-order valence-electron chi connectivity index (χ1n) is 12.0. The standard InChI is InChI=1S/C24H29F3N6O3/c25-24(26,27)18-1-3-20(4-2-18)31-15-13-30(14-16-31)10-9-23(34)32-11-7-19(8-12-32)29-22-6-5-21(17-28-22)33(35)36/h1-6,17,19H,7-16H2,(H,28,29). The molecule has 0 radical (unpaired) electrons. The van der Waals surface area contributed by atoms with Crippen LogP contribution in [0.1, 0.15) is 24.8 Å². The van der Waals surface area contributed by atoms with Crippen molar-refractivity contribution in [2.75, 3.05) is 56.0 Å². The van der Waals surface area contributed by atoms with Crippen LogP contribution in [0.25, 0.3) is 0 Å². The van der Waals surface area contributed by atoms with E-state index in [4.69, 9.17) is 0 Å². The Balaban J connectivity index is 1.15. The van der Waals surface area contributed by atoms with Crippen LogP contribution in [0.4, 0.5) is 30.4 Å². The van der Waals surface area contributed by atoms with E-state index in [0.717, 1.165) is 43.8 Å². The van der Waals surface area contributed by atoms with Gasteiger partial charge in [-0.3, -0.25) is 19.8 Å². The number of halogens is 3. The Morgan fingerprint density at radius 1 is 1.03 bits per heavy atom. The molecule has 194 valence electrons. The molecule has 0 atom stereocenters. The van der Waals surface area contributed by atoms with Gasteiger partial charge in [-0.05, 0) is 43.2 Å². The number of nitro groups is 1. The highest BCUT2D eigenvalue weighted by atomic mass is 19.4. The minimum absolute atomic E-state index is 0.0537. The van der Waals surface area contributed by atoms with E-state index in [9.17, 15) is 28.1 Å². The topological polar surface area (TPSA) is 94.9 Å². The number of amides is 1. The summed E-state index contributed by atoms with van der Waals surface area (Å²) >= 11 is 0. The quantitative estimate of drug-likeness (QED) is 0.453. The van der Waals surface area contributed by atoms with Crippen molar-refractivity contribution in [2.45, 2.75) is 31.5 Å². The Morgan fingerprint density at radius 3 is 2.25 bits per heavy atom. The van der Waals surface area contributed by atoms with Crippen LogP contribution in [0.5, 0.6) is 0 Å². The van der Waals surface area contributed by atoms with Crippen LogP contribution in [0.2, 0.25) is 0 Å². The van der Waals surface area contributed by atoms with Gasteiger partial charge in [0.1, 0.15) is 12.0 Å². The van der Waals surface area contributed by atoms with Gasteiger partial charge in [-0.2, -0.15) is 13.2 Å². The van der Waals surface area contributed by atoms with Crippen LogP contribution < -0.4 is 10.2 Å². The van der Waals surface area contributed by atoms with E-state index in [1.807, 2.05) is 4.90 Å². The van der Waals surface area contributed by atoms with Crippen molar-refractivity contribution >= 4 is 23.1 Å². The van der Waals surface area contributed by atoms with Gasteiger partial charge in [0.05, 0.1) is 10.5 Å². The number of anilines is 2. The van der Waals surface area contributed by atoms with Crippen LogP contribution in [-0.4, -0.2) is 77.5 Å². The number of carbonyl (C=O) groups is 1. The van der Waals surface area contributed by atoms with Gasteiger partial charge in [0.25, 0.3) is 5.69 Å². The fraction of sp³-hybridized carbons (Fsp3) is 0.500. The van der Waals surface area contributed by atoms with Gasteiger partial charge in [-0.1, -0.05) is 0 Å². The lowest BCUT2D eigenvalue weighted by atomic mass is 10.0. The molecule has 1 aromatic heterocycles. The SMILES string of the molecule is O=C(CCN1CCN(c2ccc(C(F)(F)F)cc2)CC1)N1CCC(Nc2ccc([N+](=O)[O-])cn2)CC1. The minimum atomic E-state index is -4.33. The van der Waals surface area contributed by atoms with E-state index in [0.29, 0.717) is 45.0 Å². The first kappa shape index (κ1) is 25.7. The molecule has 2 aliphatic rings. The number of nitrogens with zero attached hydrogens (tertiary/aromatic N) is 5. The molecule has 0 saturated carbocycles. The lowest BCUT2D eigenvalue weighted by molar-refractivity contribution is -0.385. The Hall–Kier alpha value is -3.41. The normalized spacial score (nSPS) is 17.8. The van der Waals surface area contributed by atoms with Crippen molar-refractivity contribution in [3.63, 3.8) is 0 Å². The molecular weight excluding hydrogens is 477 g/mol. The molecule has 0 spiro atoms. The Labute approximate surface area is 207 Å². The second-order valence-electron chi connectivity index (χ2n) is 9.08. The molecule has 1 amide bonds. The number of hydrogen-bond acceptors (Lipinski definition) is 7. The summed E-state index contributed by atoms with van der Waals surface area (Å²) in [6.07, 6.45) is -1.13. The van der Waals surface area contributed by atoms with Crippen molar-refractivity contribution in [1.29, 1.82) is 0 Å². The van der Waals surface area contributed by atoms with Crippen molar-refractivity contribution in [2.24, 2.45) is 0 Å². The predicted molar refractivity (Wildman–Crippen MR) is 129 cm³/mol. The van der Waals surface area contributed by atoms with Gasteiger partial charge >= 0.3 is 6.18 Å². The zero-order valence-electron chi connectivity index (χ0n) is 19.8. The molecular formula is C24H29F3N6O3. The summed E-state index contributed by atoms with van der Waals surface area (Å²) in [6.45, 7) is 4.85. The number of alkyl halides is 3. The molecule has 2 aromatic rings. The van der Waals surface area contributed by atoms with Gasteiger partial charge < -0.3 is 15.1 Å². The maximum absolute atomic E-state index is 12.8. The minimum Gasteiger partial charge on any atom is -0.369 e. The number of hydrogen-bond donors (Lipinski definition) is 1. The van der Waals surface area contributed by atoms with Crippen LogP contribution >= 0.6 is 0 Å². The average Bonchev–Trinajstić information content (AvgIpc) is 2.88. The number of benzene rings is 1. The van der Waals surface area contributed by atoms with E-state index < -0.39 is 16.7 Å². The van der Waals surface area contributed by atoms with Gasteiger partial charge in [0, 0.05) is 70.0 Å². The van der Waals surface area contributed by atoms with Gasteiger partial charge in [-0.15, -0.1) is 0 Å². The van der Waals surface area contributed by atoms with E-state index in [-0.39, 0.29) is 17.6 Å². The Kier molecular flexibility index (Phi) is 7.92. The third-order valence-corrected chi connectivity index (χ3v) is 6.73. The summed E-state index contributed by atoms with van der Waals surface area (Å²) in [4.78, 5) is 33.2. The molecule has 0 aliphatic carbocycles. The smallest absolute Gasteiger partial charge is 0.369 e. The largest absolute Gasteiger partial charge is 0.416 e. The number of nitrogens with one attached hydrogen (secondary N) is 1. The van der Waals surface area contributed by atoms with Gasteiger partial charge in [0.15, 0.2) is 0 Å². The number of pyridine rings is 1. The summed E-state index contributed by atoms with van der Waals surface area (Å²) in [5.41, 5.74) is 0.0762. The zero-order valence-corrected chi connectivity index (χ0v) is 19.8. The highest BCUT2D eigenvalue weighted by Gasteiger charge is 2.30. The number of aromatic nitrogens is 1. The van der Waals surface area contributed by atoms with Crippen molar-refractivity contribution in [3.8, 4) is 0 Å². The summed E-state index contributed by atoms with van der Waals surface area (Å²) < 4.78 is 38.3. The average molecular weight is 507 g/mol. The Bertz CT molecular complexity index is 1030. The van der Waals surface area contributed by atoms with Crippen LogP contribution in [0, 0.1) is 10.1 Å². The maximum atomic E-state index is 12.8. The second kappa shape index (κ2) is 11.1. The first-order chi connectivity index (χ1) is 17.2. The number of piperidine rings is 1. The van der Waals surface area contributed by atoms with Crippen molar-refractivity contribution < 1.29 is 22.9 Å². The van der Waals surface area contributed by atoms with Crippen LogP contribution in [0.15, 0.2) is 42.6 Å². The third kappa shape index (κ3) is 6.62. The van der Waals surface area contributed by atoms with Crippen LogP contribution in [-0.2, 0) is 11.0 Å². The molecule has 2 aliphatic heterocycles. The summed E-state index contributed by atoms with van der Waals surface area (Å²) in [5, 5.41) is 14.0. The highest BCUT2D eigenvalue weighted by Crippen LogP contribution is 2.30. The summed E-state index contributed by atoms with van der Waals surface area (Å²) in [7, 11) is 0. The molecule has 1 N–H and O–H groups in total. The molecule has 4 rings (SSSR count). The number of rotatable bonds is 7. The molecule has 9 nitrogen and oxygen atoms in total. The van der Waals surface area contributed by atoms with E-state index in [1.54, 1.807) is 6.07 Å². The maximum Gasteiger partial charge on any atom is 0.416 e. The Morgan fingerprint density at radius 2 is 1.69 bits per heavy atom. The molecule has 0 bridgehead atoms. The molecule has 1 aromatic carbocycles. The highest BCUT2D eigenvalue weighted by molar-refractivity contribution is 5.76. The number of carbonyl (C=O) groups excluding carboxylic acids is 1. The monoisotopic (exact) mass is 506 g/mol. The van der Waals surface area contributed by atoms with Crippen LogP contribution in [0.3, 0.4) is 0 Å². The number of likely N-dealkylation sites (tertiary alicyclic amines) is 1. The van der Waals surface area contributed by atoms with E-state index in [1.165, 1.54) is 24.4 Å². The molecule has 2 saturated heterocycles. The zero-order chi connectivity index (χ0) is 25.7. The van der Waals surface area contributed by atoms with E-state index >= 15 is 0 Å². The van der Waals surface area contributed by atoms with Crippen molar-refractivity contribution in [1.82, 2.24) is 14.8 Å². The second-order valence-corrected chi connectivity index (χ2v) is 9.08. The third-order valence-electron chi connectivity index (χ3n) is 6.73. The lowest BCUT2D eigenvalue weighted by Crippen LogP contribution is -2.48. The molecule has 0 unspecified atom stereocenters. The molecule has 12 heteroatoms. The molecule has 3 heterocycles. The first-order valence-corrected chi connectivity index (χ1v) is 12.0. The van der Waals surface area contributed by atoms with Gasteiger partial charge in [-0.25, -0.2) is 4.98 Å². The lowest BCUT2D eigenvalue weighted by Gasteiger charge is -2.37. The molecule has 2 fully saturated rings. The van der Waals surface area contributed by atoms with Gasteiger partial charge in [0.2, 0.25) is 5.91 Å². The predicted octanol–water partition coefficient (Wildman–Crippen LogP) is 3.62. The van der Waals surface area contributed by atoms with E-state index in [2.05, 4.69) is 20.1 Å². The fourth-order valence-corrected chi connectivity index (χ4v) is 4.56. The number of piperazine rings is 1. The summed E-state index contributed by atoms with van der Waals surface area (Å²) in [5.74, 6) is 0.702. The fourth-order valence-electron chi connectivity index (χ4n) is 4.56. The van der Waals surface area contributed by atoms with Crippen molar-refractivity contribution in [3.05, 3.63) is 58.3 Å². The molecule has 36 heavy (non-hydrogen) atoms. The summed E-state index contributed by atoms with van der Waals surface area (Å²) in [6, 6.07) is 8.41.